The fourth-order valence-corrected chi connectivity index (χ4v) is 1.93. The molecule has 3 aromatic rings. The van der Waals surface area contributed by atoms with Gasteiger partial charge in [-0.3, -0.25) is 14.9 Å². The van der Waals surface area contributed by atoms with Crippen LogP contribution in [0.2, 0.25) is 0 Å². The van der Waals surface area contributed by atoms with Crippen molar-refractivity contribution in [2.24, 2.45) is 0 Å². The second-order valence-electron chi connectivity index (χ2n) is 4.26. The molecule has 7 heteroatoms. The molecule has 104 valence electrons. The van der Waals surface area contributed by atoms with E-state index in [1.54, 1.807) is 24.3 Å². The normalized spacial score (nSPS) is 10.5. The predicted octanol–water partition coefficient (Wildman–Crippen LogP) is 2.99. The summed E-state index contributed by atoms with van der Waals surface area (Å²) >= 11 is 0. The van der Waals surface area contributed by atoms with Gasteiger partial charge in [0.25, 0.3) is 11.6 Å². The highest BCUT2D eigenvalue weighted by molar-refractivity contribution is 6.06. The Morgan fingerprint density at radius 2 is 2.05 bits per heavy atom. The lowest BCUT2D eigenvalue weighted by atomic mass is 10.2. The van der Waals surface area contributed by atoms with Crippen molar-refractivity contribution in [2.45, 2.75) is 0 Å². The van der Waals surface area contributed by atoms with E-state index in [9.17, 15) is 14.9 Å². The van der Waals surface area contributed by atoms with Crippen LogP contribution in [0.25, 0.3) is 11.1 Å². The van der Waals surface area contributed by atoms with Gasteiger partial charge in [0.05, 0.1) is 4.92 Å². The van der Waals surface area contributed by atoms with Gasteiger partial charge in [-0.2, -0.15) is 0 Å². The number of oxazole rings is 1. The van der Waals surface area contributed by atoms with Gasteiger partial charge in [0, 0.05) is 11.6 Å². The van der Waals surface area contributed by atoms with Crippen molar-refractivity contribution in [1.29, 1.82) is 0 Å². The molecule has 2 aromatic carbocycles. The molecule has 3 rings (SSSR count). The molecule has 0 atom stereocenters. The van der Waals surface area contributed by atoms with E-state index >= 15 is 0 Å². The quantitative estimate of drug-likeness (QED) is 0.588. The zero-order valence-corrected chi connectivity index (χ0v) is 10.6. The van der Waals surface area contributed by atoms with Crippen molar-refractivity contribution in [3.8, 4) is 0 Å². The van der Waals surface area contributed by atoms with Gasteiger partial charge >= 0.3 is 0 Å². The van der Waals surface area contributed by atoms with Crippen molar-refractivity contribution in [2.75, 3.05) is 5.32 Å². The second-order valence-corrected chi connectivity index (χ2v) is 4.26. The lowest BCUT2D eigenvalue weighted by Crippen LogP contribution is -2.13. The standard InChI is InChI=1S/C14H9N3O4/c18-14(9-5-6-13-11(7-9)15-8-21-13)16-10-3-1-2-4-12(10)17(19)20/h1-8H,(H,16,18). The second kappa shape index (κ2) is 5.04. The first-order valence-electron chi connectivity index (χ1n) is 6.03. The van der Waals surface area contributed by atoms with Crippen LogP contribution in [-0.2, 0) is 0 Å². The zero-order chi connectivity index (χ0) is 14.8. The molecular formula is C14H9N3O4. The highest BCUT2D eigenvalue weighted by atomic mass is 16.6. The van der Waals surface area contributed by atoms with Gasteiger partial charge in [-0.25, -0.2) is 4.98 Å². The number of benzene rings is 2. The maximum absolute atomic E-state index is 12.2. The first-order valence-corrected chi connectivity index (χ1v) is 6.03. The number of nitrogens with one attached hydrogen (secondary N) is 1. The van der Waals surface area contributed by atoms with Crippen molar-refractivity contribution >= 4 is 28.4 Å². The molecular weight excluding hydrogens is 274 g/mol. The number of carbonyl (C=O) groups excluding carboxylic acids is 1. The van der Waals surface area contributed by atoms with E-state index in [2.05, 4.69) is 10.3 Å². The Morgan fingerprint density at radius 1 is 1.24 bits per heavy atom. The SMILES string of the molecule is O=C(Nc1ccccc1[N+](=O)[O-])c1ccc2ocnc2c1. The maximum atomic E-state index is 12.2. The summed E-state index contributed by atoms with van der Waals surface area (Å²) in [7, 11) is 0. The summed E-state index contributed by atoms with van der Waals surface area (Å²) in [4.78, 5) is 26.5. The number of hydrogen-bond donors (Lipinski definition) is 1. The van der Waals surface area contributed by atoms with Gasteiger partial charge in [0.15, 0.2) is 12.0 Å². The lowest BCUT2D eigenvalue weighted by Gasteiger charge is -2.05. The molecule has 0 saturated heterocycles. The van der Waals surface area contributed by atoms with Crippen LogP contribution >= 0.6 is 0 Å². The number of para-hydroxylation sites is 2. The van der Waals surface area contributed by atoms with E-state index in [1.165, 1.54) is 24.6 Å². The van der Waals surface area contributed by atoms with Gasteiger partial charge in [-0.15, -0.1) is 0 Å². The van der Waals surface area contributed by atoms with E-state index in [1.807, 2.05) is 0 Å². The Bertz CT molecular complexity index is 841. The van der Waals surface area contributed by atoms with Crippen molar-refractivity contribution in [3.63, 3.8) is 0 Å². The Labute approximate surface area is 118 Å². The minimum atomic E-state index is -0.545. The number of anilines is 1. The smallest absolute Gasteiger partial charge is 0.292 e. The first kappa shape index (κ1) is 12.8. The van der Waals surface area contributed by atoms with Crippen molar-refractivity contribution < 1.29 is 14.1 Å². The number of hydrogen-bond acceptors (Lipinski definition) is 5. The van der Waals surface area contributed by atoms with Crippen LogP contribution in [0.5, 0.6) is 0 Å². The molecule has 0 radical (unpaired) electrons. The molecule has 0 aliphatic rings. The van der Waals surface area contributed by atoms with E-state index in [0.29, 0.717) is 16.7 Å². The number of rotatable bonds is 3. The summed E-state index contributed by atoms with van der Waals surface area (Å²) in [5.41, 5.74) is 1.44. The molecule has 0 unspecified atom stereocenters. The van der Waals surface area contributed by atoms with E-state index in [4.69, 9.17) is 4.42 Å². The van der Waals surface area contributed by atoms with E-state index in [-0.39, 0.29) is 11.4 Å². The van der Waals surface area contributed by atoms with Gasteiger partial charge < -0.3 is 9.73 Å². The minimum absolute atomic E-state index is 0.146. The number of fused-ring (bicyclic) bond motifs is 1. The van der Waals surface area contributed by atoms with Crippen LogP contribution in [0.15, 0.2) is 53.3 Å². The van der Waals surface area contributed by atoms with Crippen LogP contribution < -0.4 is 5.32 Å². The fourth-order valence-electron chi connectivity index (χ4n) is 1.93. The summed E-state index contributed by atoms with van der Waals surface area (Å²) in [6.45, 7) is 0. The summed E-state index contributed by atoms with van der Waals surface area (Å²) < 4.78 is 5.09. The summed E-state index contributed by atoms with van der Waals surface area (Å²) in [6, 6.07) is 10.7. The highest BCUT2D eigenvalue weighted by Gasteiger charge is 2.16. The molecule has 0 aliphatic heterocycles. The largest absolute Gasteiger partial charge is 0.443 e. The molecule has 0 bridgehead atoms. The minimum Gasteiger partial charge on any atom is -0.443 e. The predicted molar refractivity (Wildman–Crippen MR) is 75.1 cm³/mol. The number of nitro benzene ring substituents is 1. The Balaban J connectivity index is 1.91. The number of nitrogens with zero attached hydrogens (tertiary/aromatic N) is 2. The maximum Gasteiger partial charge on any atom is 0.292 e. The topological polar surface area (TPSA) is 98.3 Å². The van der Waals surface area contributed by atoms with Gasteiger partial charge in [0.2, 0.25) is 0 Å². The third kappa shape index (κ3) is 2.44. The molecule has 1 heterocycles. The van der Waals surface area contributed by atoms with Crippen LogP contribution in [0.4, 0.5) is 11.4 Å². The van der Waals surface area contributed by atoms with Crippen molar-refractivity contribution in [1.82, 2.24) is 4.98 Å². The number of aromatic nitrogens is 1. The Kier molecular flexibility index (Phi) is 3.07. The summed E-state index contributed by atoms with van der Waals surface area (Å²) in [6.07, 6.45) is 1.29. The lowest BCUT2D eigenvalue weighted by molar-refractivity contribution is -0.383. The molecule has 1 amide bonds. The number of nitro groups is 1. The molecule has 21 heavy (non-hydrogen) atoms. The molecule has 0 aliphatic carbocycles. The van der Waals surface area contributed by atoms with Crippen LogP contribution in [-0.4, -0.2) is 15.8 Å². The molecule has 0 saturated carbocycles. The number of amides is 1. The average molecular weight is 283 g/mol. The molecule has 0 spiro atoms. The zero-order valence-electron chi connectivity index (χ0n) is 10.6. The highest BCUT2D eigenvalue weighted by Crippen LogP contribution is 2.24. The third-order valence-electron chi connectivity index (χ3n) is 2.94. The van der Waals surface area contributed by atoms with E-state index < -0.39 is 10.8 Å². The molecule has 1 N–H and O–H groups in total. The van der Waals surface area contributed by atoms with Gasteiger partial charge in [-0.1, -0.05) is 12.1 Å². The Morgan fingerprint density at radius 3 is 2.86 bits per heavy atom. The fraction of sp³-hybridized carbons (Fsp3) is 0. The van der Waals surface area contributed by atoms with Gasteiger partial charge in [0.1, 0.15) is 11.2 Å². The summed E-state index contributed by atoms with van der Waals surface area (Å²) in [5.74, 6) is -0.450. The first-order chi connectivity index (χ1) is 10.1. The molecule has 7 nitrogen and oxygen atoms in total. The van der Waals surface area contributed by atoms with E-state index in [0.717, 1.165) is 0 Å². The average Bonchev–Trinajstić information content (AvgIpc) is 2.94. The number of carbonyl (C=O) groups is 1. The molecule has 1 aromatic heterocycles. The van der Waals surface area contributed by atoms with Crippen molar-refractivity contribution in [3.05, 3.63) is 64.5 Å². The van der Waals surface area contributed by atoms with Crippen LogP contribution in [0.3, 0.4) is 0 Å². The van der Waals surface area contributed by atoms with Gasteiger partial charge in [-0.05, 0) is 24.3 Å². The molecule has 0 fully saturated rings. The Hall–Kier alpha value is -3.22. The third-order valence-corrected chi connectivity index (χ3v) is 2.94. The van der Waals surface area contributed by atoms with Crippen LogP contribution in [0.1, 0.15) is 10.4 Å². The summed E-state index contributed by atoms with van der Waals surface area (Å²) in [5, 5.41) is 13.4. The van der Waals surface area contributed by atoms with Crippen LogP contribution in [0, 0.1) is 10.1 Å². The monoisotopic (exact) mass is 283 g/mol.